The summed E-state index contributed by atoms with van der Waals surface area (Å²) in [6, 6.07) is 0. The van der Waals surface area contributed by atoms with E-state index in [-0.39, 0.29) is 57.5 Å². The van der Waals surface area contributed by atoms with E-state index >= 15 is 0 Å². The van der Waals surface area contributed by atoms with Crippen molar-refractivity contribution in [3.05, 3.63) is 12.2 Å². The van der Waals surface area contributed by atoms with Crippen molar-refractivity contribution in [3.8, 4) is 0 Å². The van der Waals surface area contributed by atoms with Gasteiger partial charge in [-0.1, -0.05) is 88.3 Å². The fraction of sp³-hybridized carbons (Fsp3) is 0.956. The molecule has 0 aliphatic carbocycles. The van der Waals surface area contributed by atoms with Crippen LogP contribution in [0, 0.1) is 11.8 Å². The molecule has 2 aliphatic rings. The molecule has 10 atom stereocenters. The van der Waals surface area contributed by atoms with Crippen LogP contribution in [0.5, 0.6) is 0 Å². The van der Waals surface area contributed by atoms with Gasteiger partial charge >= 0.3 is 0 Å². The summed E-state index contributed by atoms with van der Waals surface area (Å²) in [4.78, 5) is 0. The molecule has 338 valence electrons. The molecular formula is C45H92O9Si3. The fourth-order valence-electron chi connectivity index (χ4n) is 7.62. The molecule has 0 aromatic carbocycles. The van der Waals surface area contributed by atoms with Crippen LogP contribution >= 0.6 is 0 Å². The van der Waals surface area contributed by atoms with E-state index in [0.29, 0.717) is 19.4 Å². The summed E-state index contributed by atoms with van der Waals surface area (Å²) in [6.45, 7) is 45.8. The van der Waals surface area contributed by atoms with E-state index in [2.05, 4.69) is 135 Å². The Morgan fingerprint density at radius 1 is 0.684 bits per heavy atom. The Morgan fingerprint density at radius 2 is 1.23 bits per heavy atom. The summed E-state index contributed by atoms with van der Waals surface area (Å²) in [7, 11) is -1.21. The lowest BCUT2D eigenvalue weighted by molar-refractivity contribution is -0.366. The molecule has 2 heterocycles. The van der Waals surface area contributed by atoms with E-state index in [1.165, 1.54) is 0 Å². The van der Waals surface area contributed by atoms with E-state index in [1.54, 1.807) is 21.3 Å². The topological polar surface area (TPSA) is 83.1 Å². The van der Waals surface area contributed by atoms with E-state index in [0.717, 1.165) is 19.3 Å². The second-order valence-corrected chi connectivity index (χ2v) is 36.5. The van der Waals surface area contributed by atoms with Crippen LogP contribution < -0.4 is 0 Å². The number of hydrogen-bond donors (Lipinski definition) is 0. The summed E-state index contributed by atoms with van der Waals surface area (Å²) in [5.41, 5.74) is 0. The first-order valence-corrected chi connectivity index (χ1v) is 30.7. The van der Waals surface area contributed by atoms with Crippen LogP contribution in [0.15, 0.2) is 12.2 Å². The minimum atomic E-state index is -2.26. The van der Waals surface area contributed by atoms with Gasteiger partial charge in [-0.2, -0.15) is 0 Å². The van der Waals surface area contributed by atoms with E-state index in [1.807, 2.05) is 13.8 Å². The summed E-state index contributed by atoms with van der Waals surface area (Å²) >= 11 is 0. The molecule has 0 amide bonds. The normalized spacial score (nSPS) is 29.9. The Bertz CT molecular complexity index is 1250. The molecule has 0 aromatic rings. The van der Waals surface area contributed by atoms with E-state index in [4.69, 9.17) is 41.7 Å². The number of allylic oxidation sites excluding steroid dienone is 2. The molecular weight excluding hydrogens is 769 g/mol. The van der Waals surface area contributed by atoms with Gasteiger partial charge in [0.05, 0.1) is 30.5 Å². The summed E-state index contributed by atoms with van der Waals surface area (Å²) in [5, 5.41) is 0.117. The van der Waals surface area contributed by atoms with Crippen molar-refractivity contribution in [2.75, 3.05) is 27.9 Å². The van der Waals surface area contributed by atoms with Crippen molar-refractivity contribution in [2.24, 2.45) is 11.8 Å². The van der Waals surface area contributed by atoms with Crippen molar-refractivity contribution in [2.45, 2.75) is 238 Å². The minimum Gasteiger partial charge on any atom is -0.414 e. The number of methoxy groups -OCH3 is 3. The lowest BCUT2D eigenvalue weighted by Crippen LogP contribution is -2.67. The summed E-state index contributed by atoms with van der Waals surface area (Å²) in [6.07, 6.45) is 6.26. The average molecular weight is 861 g/mol. The van der Waals surface area contributed by atoms with Gasteiger partial charge < -0.3 is 41.7 Å². The number of ether oxygens (including phenoxy) is 6. The molecule has 2 fully saturated rings. The van der Waals surface area contributed by atoms with Gasteiger partial charge in [0.15, 0.2) is 30.7 Å². The third-order valence-corrected chi connectivity index (χ3v) is 27.9. The first kappa shape index (κ1) is 53.2. The minimum absolute atomic E-state index is 0.0116. The predicted molar refractivity (Wildman–Crippen MR) is 244 cm³/mol. The van der Waals surface area contributed by atoms with Gasteiger partial charge in [-0.3, -0.25) is 0 Å². The molecule has 0 radical (unpaired) electrons. The van der Waals surface area contributed by atoms with Crippen LogP contribution in [0.4, 0.5) is 0 Å². The second-order valence-electron chi connectivity index (χ2n) is 22.3. The summed E-state index contributed by atoms with van der Waals surface area (Å²) in [5.74, 6) is -2.21. The fourth-order valence-corrected chi connectivity index (χ4v) is 11.9. The Hall–Kier alpha value is 0.0306. The maximum atomic E-state index is 7.51. The highest BCUT2D eigenvalue weighted by atomic mass is 28.4. The van der Waals surface area contributed by atoms with Gasteiger partial charge in [0.25, 0.3) is 0 Å². The second kappa shape index (κ2) is 20.0. The zero-order chi connectivity index (χ0) is 44.2. The van der Waals surface area contributed by atoms with E-state index < -0.39 is 48.7 Å². The molecule has 2 rings (SSSR count). The number of rotatable bonds is 20. The van der Waals surface area contributed by atoms with Crippen molar-refractivity contribution < 1.29 is 41.7 Å². The molecule has 0 spiro atoms. The number of hydrogen-bond acceptors (Lipinski definition) is 9. The summed E-state index contributed by atoms with van der Waals surface area (Å²) < 4.78 is 62.1. The zero-order valence-electron chi connectivity index (χ0n) is 41.3. The van der Waals surface area contributed by atoms with Crippen LogP contribution in [0.25, 0.3) is 0 Å². The first-order valence-electron chi connectivity index (χ1n) is 22.0. The molecule has 0 unspecified atom stereocenters. The van der Waals surface area contributed by atoms with E-state index in [9.17, 15) is 0 Å². The third kappa shape index (κ3) is 13.3. The molecule has 9 nitrogen and oxygen atoms in total. The molecule has 12 heteroatoms. The van der Waals surface area contributed by atoms with Crippen molar-refractivity contribution in [3.63, 3.8) is 0 Å². The lowest BCUT2D eigenvalue weighted by Gasteiger charge is -2.56. The van der Waals surface area contributed by atoms with Gasteiger partial charge in [0.2, 0.25) is 5.79 Å². The predicted octanol–water partition coefficient (Wildman–Crippen LogP) is 11.9. The van der Waals surface area contributed by atoms with Gasteiger partial charge in [-0.05, 0) is 101 Å². The first-order chi connectivity index (χ1) is 25.8. The van der Waals surface area contributed by atoms with Gasteiger partial charge in [0, 0.05) is 52.3 Å². The highest BCUT2D eigenvalue weighted by Gasteiger charge is 2.64. The smallest absolute Gasteiger partial charge is 0.202 e. The van der Waals surface area contributed by atoms with Crippen LogP contribution in [-0.4, -0.2) is 107 Å². The average Bonchev–Trinajstić information content (AvgIpc) is 3.37. The highest BCUT2D eigenvalue weighted by Crippen LogP contribution is 2.52. The molecule has 2 saturated heterocycles. The molecule has 0 bridgehead atoms. The van der Waals surface area contributed by atoms with Crippen molar-refractivity contribution in [1.29, 1.82) is 0 Å². The molecule has 2 aliphatic heterocycles. The lowest BCUT2D eigenvalue weighted by atomic mass is 9.76. The van der Waals surface area contributed by atoms with Gasteiger partial charge in [-0.15, -0.1) is 0 Å². The SMILES string of the molecule is C/C=C/CC[C@@H](O[Si](C)(C)C(C)(C)C)[C@@H](C[C@@H]1OC(C)(C)O[C@@H]1[C@]1(OC)O[C@H](C[C@@H](CCOC)O[Si](C)(C)C(C)(C)C)[C@H](C)[C@H](O[Si](C)(C)C(C)(C)C)[C@H]1C)OC. The van der Waals surface area contributed by atoms with Crippen molar-refractivity contribution in [1.82, 2.24) is 0 Å². The van der Waals surface area contributed by atoms with Gasteiger partial charge in [-0.25, -0.2) is 0 Å². The molecule has 0 saturated carbocycles. The maximum Gasteiger partial charge on any atom is 0.202 e. The standard InChI is InChI=1S/C45H92O9Si3/c1-24-25-26-27-35(53-56(20,21)42(7,8)9)37(47-16)31-38-40(51-44(13,14)49-38)45(48-17)33(3)39(54-57(22,23)43(10,11)12)32(2)36(50-45)30-34(28-29-46-15)52-55(18,19)41(4,5)6/h24-25,32-40H,26-31H2,1-23H3/b25-24+/t32-,33+,34+,35+,36+,37+,38-,39-,40-,45+/m0/s1. The third-order valence-electron chi connectivity index (χ3n) is 14.4. The highest BCUT2D eigenvalue weighted by molar-refractivity contribution is 6.75. The molecule has 57 heavy (non-hydrogen) atoms. The largest absolute Gasteiger partial charge is 0.414 e. The Labute approximate surface area is 355 Å². The van der Waals surface area contributed by atoms with Crippen molar-refractivity contribution >= 4 is 25.0 Å². The molecule has 0 N–H and O–H groups in total. The van der Waals surface area contributed by atoms with Crippen LogP contribution in [-0.2, 0) is 41.7 Å². The monoisotopic (exact) mass is 861 g/mol. The zero-order valence-corrected chi connectivity index (χ0v) is 44.3. The Kier molecular flexibility index (Phi) is 18.7. The van der Waals surface area contributed by atoms with Crippen LogP contribution in [0.2, 0.25) is 54.4 Å². The Morgan fingerprint density at radius 3 is 1.70 bits per heavy atom. The maximum absolute atomic E-state index is 7.51. The van der Waals surface area contributed by atoms with Gasteiger partial charge in [0.1, 0.15) is 6.10 Å². The van der Waals surface area contributed by atoms with Crippen LogP contribution in [0.3, 0.4) is 0 Å². The molecule has 0 aromatic heterocycles. The van der Waals surface area contributed by atoms with Crippen LogP contribution in [0.1, 0.15) is 129 Å². The quantitative estimate of drug-likeness (QED) is 0.0878. The Balaban J connectivity index is 2.75.